The molecule has 0 spiro atoms. The summed E-state index contributed by atoms with van der Waals surface area (Å²) >= 11 is 1.69. The van der Waals surface area contributed by atoms with Gasteiger partial charge in [0.25, 0.3) is 0 Å². The molecule has 1 saturated heterocycles. The average Bonchev–Trinajstić information content (AvgIpc) is 3.45. The Morgan fingerprint density at radius 1 is 1.03 bits per heavy atom. The van der Waals surface area contributed by atoms with Crippen LogP contribution in [-0.2, 0) is 0 Å². The average molecular weight is 467 g/mol. The van der Waals surface area contributed by atoms with Crippen LogP contribution >= 0.6 is 19.3 Å². The Bertz CT molecular complexity index is 1040. The zero-order valence-corrected chi connectivity index (χ0v) is 20.6. The number of aromatic nitrogens is 3. The predicted molar refractivity (Wildman–Crippen MR) is 137 cm³/mol. The summed E-state index contributed by atoms with van der Waals surface area (Å²) in [6.07, 6.45) is 9.54. The zero-order valence-electron chi connectivity index (χ0n) is 18.8. The molecule has 2 aliphatic rings. The van der Waals surface area contributed by atoms with Crippen molar-refractivity contribution in [1.82, 2.24) is 19.9 Å². The Kier molecular flexibility index (Phi) is 6.67. The summed E-state index contributed by atoms with van der Waals surface area (Å²) in [4.78, 5) is 17.5. The van der Waals surface area contributed by atoms with Gasteiger partial charge in [-0.05, 0) is 62.6 Å². The van der Waals surface area contributed by atoms with Crippen molar-refractivity contribution >= 4 is 41.3 Å². The highest BCUT2D eigenvalue weighted by Crippen LogP contribution is 2.37. The molecule has 0 radical (unpaired) electrons. The molecule has 1 aliphatic heterocycles. The highest BCUT2D eigenvalue weighted by Gasteiger charge is 2.19. The molecule has 2 N–H and O–H groups in total. The summed E-state index contributed by atoms with van der Waals surface area (Å²) in [5.41, 5.74) is 2.97. The molecule has 3 heterocycles. The number of anilines is 3. The second kappa shape index (κ2) is 9.82. The van der Waals surface area contributed by atoms with Crippen molar-refractivity contribution in [1.29, 1.82) is 0 Å². The largest absolute Gasteiger partial charge is 0.359 e. The lowest BCUT2D eigenvalue weighted by Gasteiger charge is -2.29. The van der Waals surface area contributed by atoms with Gasteiger partial charge in [-0.1, -0.05) is 44.2 Å². The first-order valence-corrected chi connectivity index (χ1v) is 14.0. The van der Waals surface area contributed by atoms with Crippen LogP contribution in [0.2, 0.25) is 0 Å². The standard InChI is InChI=1S/C24H31N6PS/c1-17-22(32-24(26-17)28-18-5-3-4-6-18)21-11-12-25-23(29-21)27-19-7-9-20(10-8-19)31-15-13-30(2)14-16-31/h7-12,18H,3-6,13-16H2,1-2H3,(H,26,28)(H,25,27,29). The van der Waals surface area contributed by atoms with Crippen molar-refractivity contribution in [3.05, 3.63) is 42.2 Å². The fourth-order valence-corrected chi connectivity index (χ4v) is 7.92. The Morgan fingerprint density at radius 3 is 2.53 bits per heavy atom. The van der Waals surface area contributed by atoms with Crippen molar-refractivity contribution in [3.8, 4) is 10.6 Å². The van der Waals surface area contributed by atoms with Crippen LogP contribution in [0, 0.1) is 6.92 Å². The SMILES string of the molecule is Cc1nc(NC2CCCC2)sc1-c1ccnc(Nc2ccc(P3CCN(C)CC3)cc2)n1. The normalized spacial score (nSPS) is 18.2. The minimum Gasteiger partial charge on any atom is -0.359 e. The number of benzene rings is 1. The number of nitrogens with one attached hydrogen (secondary N) is 2. The molecule has 0 bridgehead atoms. The minimum absolute atomic E-state index is 0.0196. The van der Waals surface area contributed by atoms with Crippen LogP contribution in [0.25, 0.3) is 10.6 Å². The van der Waals surface area contributed by atoms with Crippen LogP contribution in [0.4, 0.5) is 16.8 Å². The maximum absolute atomic E-state index is 4.78. The van der Waals surface area contributed by atoms with Crippen molar-refractivity contribution in [2.75, 3.05) is 43.1 Å². The fraction of sp³-hybridized carbons (Fsp3) is 0.458. The molecule has 6 nitrogen and oxygen atoms in total. The Hall–Kier alpha value is -2.08. The molecule has 1 saturated carbocycles. The van der Waals surface area contributed by atoms with Gasteiger partial charge in [0.05, 0.1) is 16.3 Å². The van der Waals surface area contributed by atoms with Gasteiger partial charge in [0.2, 0.25) is 5.95 Å². The van der Waals surface area contributed by atoms with Crippen LogP contribution in [0.15, 0.2) is 36.5 Å². The smallest absolute Gasteiger partial charge is 0.227 e. The van der Waals surface area contributed by atoms with Gasteiger partial charge in [0, 0.05) is 31.0 Å². The van der Waals surface area contributed by atoms with Crippen LogP contribution in [-0.4, -0.2) is 58.4 Å². The molecule has 0 amide bonds. The van der Waals surface area contributed by atoms with Gasteiger partial charge in [-0.25, -0.2) is 15.0 Å². The van der Waals surface area contributed by atoms with Gasteiger partial charge in [0.15, 0.2) is 5.13 Å². The molecule has 0 unspecified atom stereocenters. The maximum Gasteiger partial charge on any atom is 0.227 e. The van der Waals surface area contributed by atoms with Gasteiger partial charge in [-0.15, -0.1) is 0 Å². The third-order valence-electron chi connectivity index (χ3n) is 6.36. The number of hydrogen-bond donors (Lipinski definition) is 2. The van der Waals surface area contributed by atoms with E-state index in [-0.39, 0.29) is 7.92 Å². The predicted octanol–water partition coefficient (Wildman–Crippen LogP) is 5.06. The molecule has 5 rings (SSSR count). The summed E-state index contributed by atoms with van der Waals surface area (Å²) in [7, 11) is 2.20. The molecule has 2 aromatic heterocycles. The van der Waals surface area contributed by atoms with Crippen LogP contribution in [0.5, 0.6) is 0 Å². The summed E-state index contributed by atoms with van der Waals surface area (Å²) in [5, 5.41) is 9.49. The molecule has 0 atom stereocenters. The number of thiazole rings is 1. The second-order valence-electron chi connectivity index (χ2n) is 8.79. The first-order chi connectivity index (χ1) is 15.6. The Morgan fingerprint density at radius 2 is 1.78 bits per heavy atom. The van der Waals surface area contributed by atoms with Gasteiger partial charge in [-0.2, -0.15) is 0 Å². The second-order valence-corrected chi connectivity index (χ2v) is 12.3. The molecule has 3 aromatic rings. The molecular weight excluding hydrogens is 435 g/mol. The molecule has 8 heteroatoms. The third-order valence-corrected chi connectivity index (χ3v) is 9.98. The molecule has 32 heavy (non-hydrogen) atoms. The van der Waals surface area contributed by atoms with E-state index in [0.717, 1.165) is 27.1 Å². The monoisotopic (exact) mass is 466 g/mol. The van der Waals surface area contributed by atoms with Crippen LogP contribution in [0.1, 0.15) is 31.4 Å². The topological polar surface area (TPSA) is 66.0 Å². The zero-order chi connectivity index (χ0) is 21.9. The fourth-order valence-electron chi connectivity index (χ4n) is 4.44. The number of hydrogen-bond acceptors (Lipinski definition) is 7. The molecule has 1 aliphatic carbocycles. The van der Waals surface area contributed by atoms with Crippen LogP contribution < -0.4 is 15.9 Å². The Labute approximate surface area is 195 Å². The summed E-state index contributed by atoms with van der Waals surface area (Å²) in [5.74, 6) is 0.623. The van der Waals surface area contributed by atoms with E-state index in [1.54, 1.807) is 11.3 Å². The quantitative estimate of drug-likeness (QED) is 0.495. The molecule has 1 aromatic carbocycles. The van der Waals surface area contributed by atoms with Crippen molar-refractivity contribution in [3.63, 3.8) is 0 Å². The van der Waals surface area contributed by atoms with E-state index < -0.39 is 0 Å². The first-order valence-electron chi connectivity index (χ1n) is 11.5. The van der Waals surface area contributed by atoms with E-state index in [0.29, 0.717) is 12.0 Å². The highest BCUT2D eigenvalue weighted by molar-refractivity contribution is 7.65. The van der Waals surface area contributed by atoms with E-state index in [9.17, 15) is 0 Å². The van der Waals surface area contributed by atoms with Crippen molar-refractivity contribution < 1.29 is 0 Å². The van der Waals surface area contributed by atoms with E-state index in [1.807, 2.05) is 12.3 Å². The highest BCUT2D eigenvalue weighted by atomic mass is 32.1. The lowest BCUT2D eigenvalue weighted by atomic mass is 10.3. The third kappa shape index (κ3) is 5.11. The van der Waals surface area contributed by atoms with Crippen LogP contribution in [0.3, 0.4) is 0 Å². The van der Waals surface area contributed by atoms with E-state index in [2.05, 4.69) is 58.8 Å². The number of rotatable bonds is 6. The molecular formula is C24H31N6PS. The van der Waals surface area contributed by atoms with Crippen molar-refractivity contribution in [2.24, 2.45) is 0 Å². The van der Waals surface area contributed by atoms with Gasteiger partial charge in [-0.3, -0.25) is 0 Å². The maximum atomic E-state index is 4.78. The van der Waals surface area contributed by atoms with E-state index >= 15 is 0 Å². The summed E-state index contributed by atoms with van der Waals surface area (Å²) < 4.78 is 0. The van der Waals surface area contributed by atoms with E-state index in [1.165, 1.54) is 56.4 Å². The molecule has 168 valence electrons. The van der Waals surface area contributed by atoms with Crippen molar-refractivity contribution in [2.45, 2.75) is 38.6 Å². The number of nitrogens with zero attached hydrogens (tertiary/aromatic N) is 4. The lowest BCUT2D eigenvalue weighted by Crippen LogP contribution is -2.32. The first kappa shape index (κ1) is 21.7. The summed E-state index contributed by atoms with van der Waals surface area (Å²) in [6.45, 7) is 4.48. The lowest BCUT2D eigenvalue weighted by molar-refractivity contribution is 0.369. The van der Waals surface area contributed by atoms with Gasteiger partial charge in [0.1, 0.15) is 0 Å². The molecule has 2 fully saturated rings. The van der Waals surface area contributed by atoms with Gasteiger partial charge >= 0.3 is 0 Å². The van der Waals surface area contributed by atoms with E-state index in [4.69, 9.17) is 9.97 Å². The van der Waals surface area contributed by atoms with Gasteiger partial charge < -0.3 is 15.5 Å². The Balaban J connectivity index is 1.27. The minimum atomic E-state index is -0.0196. The summed E-state index contributed by atoms with van der Waals surface area (Å²) in [6, 6.07) is 11.4. The number of aryl methyl sites for hydroxylation is 1.